The van der Waals surface area contributed by atoms with E-state index in [1.165, 1.54) is 0 Å². The number of halogens is 2. The van der Waals surface area contributed by atoms with Gasteiger partial charge in [-0.3, -0.25) is 9.69 Å². The first-order valence-corrected chi connectivity index (χ1v) is 10.4. The van der Waals surface area contributed by atoms with Gasteiger partial charge in [-0.15, -0.1) is 0 Å². The van der Waals surface area contributed by atoms with Crippen molar-refractivity contribution in [2.45, 2.75) is 0 Å². The Bertz CT molecular complexity index is 1100. The Kier molecular flexibility index (Phi) is 5.74. The van der Waals surface area contributed by atoms with Crippen LogP contribution in [-0.2, 0) is 4.79 Å². The van der Waals surface area contributed by atoms with Crippen molar-refractivity contribution >= 4 is 57.6 Å². The van der Waals surface area contributed by atoms with Crippen LogP contribution in [0.4, 0.5) is 5.69 Å². The topological polar surface area (TPSA) is 29.5 Å². The van der Waals surface area contributed by atoms with E-state index in [0.29, 0.717) is 10.6 Å². The molecule has 1 heterocycles. The highest BCUT2D eigenvalue weighted by Gasteiger charge is 2.30. The molecule has 144 valence electrons. The minimum atomic E-state index is -0.0630. The second-order valence-electron chi connectivity index (χ2n) is 6.53. The minimum Gasteiger partial charge on any atom is -0.497 e. The fourth-order valence-electron chi connectivity index (χ4n) is 3.17. The summed E-state index contributed by atoms with van der Waals surface area (Å²) in [4.78, 5) is 15.1. The molecule has 0 saturated heterocycles. The molecule has 0 spiro atoms. The number of hydrogen-bond donors (Lipinski definition) is 0. The van der Waals surface area contributed by atoms with Gasteiger partial charge in [0.1, 0.15) is 5.75 Å². The molecule has 3 aromatic carbocycles. The summed E-state index contributed by atoms with van der Waals surface area (Å²) in [5.74, 6) is 0.717. The van der Waals surface area contributed by atoms with Crippen LogP contribution < -0.4 is 9.64 Å². The molecule has 0 bridgehead atoms. The fourth-order valence-corrected chi connectivity index (χ4v) is 3.66. The number of amides is 1. The molecular formula is C24H17ClINO2. The summed E-state index contributed by atoms with van der Waals surface area (Å²) in [6.07, 6.45) is 3.82. The molecule has 3 nitrogen and oxygen atoms in total. The SMILES string of the molecule is COc1ccc(/C=C2/C=C(c3ccc(Cl)cc3)N(c3ccc(I)cc3)C2=O)cc1. The molecular weight excluding hydrogens is 497 g/mol. The standard InChI is InChI=1S/C24H17ClINO2/c1-29-22-12-2-16(3-13-22)14-18-15-23(17-4-6-19(25)7-5-17)27(24(18)28)21-10-8-20(26)9-11-21/h2-15H,1H3/b18-14-. The first-order valence-electron chi connectivity index (χ1n) is 8.98. The average molecular weight is 514 g/mol. The number of anilines is 1. The molecule has 0 unspecified atom stereocenters. The van der Waals surface area contributed by atoms with Crippen molar-refractivity contribution in [3.05, 3.63) is 104 Å². The van der Waals surface area contributed by atoms with Crippen molar-refractivity contribution in [3.8, 4) is 5.75 Å². The normalized spacial score (nSPS) is 15.0. The summed E-state index contributed by atoms with van der Waals surface area (Å²) >= 11 is 8.31. The van der Waals surface area contributed by atoms with Gasteiger partial charge in [0.05, 0.1) is 12.8 Å². The van der Waals surface area contributed by atoms with E-state index in [2.05, 4.69) is 22.6 Å². The average Bonchev–Trinajstić information content (AvgIpc) is 3.06. The Balaban J connectivity index is 1.78. The van der Waals surface area contributed by atoms with Gasteiger partial charge >= 0.3 is 0 Å². The Morgan fingerprint density at radius 3 is 2.21 bits per heavy atom. The van der Waals surface area contributed by atoms with Crippen LogP contribution in [0.25, 0.3) is 11.8 Å². The van der Waals surface area contributed by atoms with Crippen LogP contribution in [0.2, 0.25) is 5.02 Å². The van der Waals surface area contributed by atoms with Gasteiger partial charge in [0.15, 0.2) is 0 Å². The predicted octanol–water partition coefficient (Wildman–Crippen LogP) is 6.42. The lowest BCUT2D eigenvalue weighted by Crippen LogP contribution is -2.24. The summed E-state index contributed by atoms with van der Waals surface area (Å²) < 4.78 is 6.32. The Hall–Kier alpha value is -2.57. The molecule has 0 N–H and O–H groups in total. The Labute approximate surface area is 188 Å². The molecule has 0 aromatic heterocycles. The predicted molar refractivity (Wildman–Crippen MR) is 127 cm³/mol. The molecule has 1 aliphatic heterocycles. The second kappa shape index (κ2) is 8.43. The summed E-state index contributed by atoms with van der Waals surface area (Å²) in [6, 6.07) is 23.1. The van der Waals surface area contributed by atoms with Crippen molar-refractivity contribution < 1.29 is 9.53 Å². The van der Waals surface area contributed by atoms with Crippen LogP contribution in [0.1, 0.15) is 11.1 Å². The highest BCUT2D eigenvalue weighted by molar-refractivity contribution is 14.1. The smallest absolute Gasteiger partial charge is 0.262 e. The number of hydrogen-bond acceptors (Lipinski definition) is 2. The van der Waals surface area contributed by atoms with Crippen molar-refractivity contribution in [1.29, 1.82) is 0 Å². The fraction of sp³-hybridized carbons (Fsp3) is 0.0417. The highest BCUT2D eigenvalue weighted by atomic mass is 127. The molecule has 0 fully saturated rings. The summed E-state index contributed by atoms with van der Waals surface area (Å²) in [7, 11) is 1.63. The molecule has 0 aliphatic carbocycles. The molecule has 0 saturated carbocycles. The van der Waals surface area contributed by atoms with Gasteiger partial charge in [0, 0.05) is 19.9 Å². The van der Waals surface area contributed by atoms with E-state index in [1.807, 2.05) is 84.9 Å². The summed E-state index contributed by atoms with van der Waals surface area (Å²) in [6.45, 7) is 0. The third-order valence-electron chi connectivity index (χ3n) is 4.65. The number of benzene rings is 3. The number of methoxy groups -OCH3 is 1. The number of ether oxygens (including phenoxy) is 1. The summed E-state index contributed by atoms with van der Waals surface area (Å²) in [5.41, 5.74) is 4.14. The van der Waals surface area contributed by atoms with E-state index in [9.17, 15) is 4.79 Å². The van der Waals surface area contributed by atoms with Gasteiger partial charge in [-0.25, -0.2) is 0 Å². The Morgan fingerprint density at radius 2 is 1.59 bits per heavy atom. The highest BCUT2D eigenvalue weighted by Crippen LogP contribution is 2.36. The molecule has 0 atom stereocenters. The van der Waals surface area contributed by atoms with E-state index >= 15 is 0 Å². The third-order valence-corrected chi connectivity index (χ3v) is 5.62. The maximum Gasteiger partial charge on any atom is 0.262 e. The first-order chi connectivity index (χ1) is 14.0. The van der Waals surface area contributed by atoms with E-state index in [1.54, 1.807) is 12.0 Å². The monoisotopic (exact) mass is 513 g/mol. The molecule has 29 heavy (non-hydrogen) atoms. The molecule has 0 radical (unpaired) electrons. The van der Waals surface area contributed by atoms with Crippen molar-refractivity contribution in [3.63, 3.8) is 0 Å². The van der Waals surface area contributed by atoms with Crippen LogP contribution in [0.15, 0.2) is 84.4 Å². The van der Waals surface area contributed by atoms with Crippen LogP contribution in [0, 0.1) is 3.57 Å². The zero-order valence-corrected chi connectivity index (χ0v) is 18.5. The van der Waals surface area contributed by atoms with Gasteiger partial charge < -0.3 is 4.74 Å². The lowest BCUT2D eigenvalue weighted by molar-refractivity contribution is -0.113. The third kappa shape index (κ3) is 4.23. The molecule has 4 rings (SSSR count). The van der Waals surface area contributed by atoms with Gasteiger partial charge in [-0.05, 0) is 94.4 Å². The number of rotatable bonds is 4. The second-order valence-corrected chi connectivity index (χ2v) is 8.21. The quantitative estimate of drug-likeness (QED) is 0.297. The van der Waals surface area contributed by atoms with E-state index in [4.69, 9.17) is 16.3 Å². The van der Waals surface area contributed by atoms with E-state index in [-0.39, 0.29) is 5.91 Å². The van der Waals surface area contributed by atoms with Crippen LogP contribution in [-0.4, -0.2) is 13.0 Å². The van der Waals surface area contributed by atoms with E-state index < -0.39 is 0 Å². The van der Waals surface area contributed by atoms with Gasteiger partial charge in [-0.1, -0.05) is 35.9 Å². The summed E-state index contributed by atoms with van der Waals surface area (Å²) in [5, 5.41) is 0.661. The number of carbonyl (C=O) groups is 1. The van der Waals surface area contributed by atoms with Gasteiger partial charge in [0.25, 0.3) is 5.91 Å². The largest absolute Gasteiger partial charge is 0.497 e. The van der Waals surface area contributed by atoms with E-state index in [0.717, 1.165) is 31.8 Å². The first kappa shape index (κ1) is 19.7. The Morgan fingerprint density at radius 1 is 0.931 bits per heavy atom. The maximum atomic E-state index is 13.3. The zero-order chi connectivity index (χ0) is 20.4. The number of nitrogens with zero attached hydrogens (tertiary/aromatic N) is 1. The zero-order valence-electron chi connectivity index (χ0n) is 15.6. The lowest BCUT2D eigenvalue weighted by Gasteiger charge is -2.21. The van der Waals surface area contributed by atoms with Crippen molar-refractivity contribution in [1.82, 2.24) is 0 Å². The number of carbonyl (C=O) groups excluding carboxylic acids is 1. The minimum absolute atomic E-state index is 0.0630. The van der Waals surface area contributed by atoms with Crippen LogP contribution in [0.5, 0.6) is 5.75 Å². The molecule has 1 aliphatic rings. The van der Waals surface area contributed by atoms with Crippen LogP contribution >= 0.6 is 34.2 Å². The molecule has 3 aromatic rings. The molecule has 5 heteroatoms. The van der Waals surface area contributed by atoms with Gasteiger partial charge in [-0.2, -0.15) is 0 Å². The van der Waals surface area contributed by atoms with Crippen LogP contribution in [0.3, 0.4) is 0 Å². The van der Waals surface area contributed by atoms with Crippen molar-refractivity contribution in [2.75, 3.05) is 12.0 Å². The maximum absolute atomic E-state index is 13.3. The van der Waals surface area contributed by atoms with Gasteiger partial charge in [0.2, 0.25) is 0 Å². The lowest BCUT2D eigenvalue weighted by atomic mass is 10.1. The molecule has 1 amide bonds. The van der Waals surface area contributed by atoms with Crippen molar-refractivity contribution in [2.24, 2.45) is 0 Å².